The zero-order valence-corrected chi connectivity index (χ0v) is 12.2. The number of carbonyl (C=O) groups excluding carboxylic acids is 1. The molecule has 1 aliphatic rings. The van der Waals surface area contributed by atoms with Crippen LogP contribution in [-0.4, -0.2) is 26.2 Å². The Balaban J connectivity index is 0.00000180. The first-order valence-electron chi connectivity index (χ1n) is 6.66. The second kappa shape index (κ2) is 8.18. The monoisotopic (exact) mass is 283 g/mol. The lowest BCUT2D eigenvalue weighted by atomic mass is 9.89. The molecule has 1 N–H and O–H groups in total. The summed E-state index contributed by atoms with van der Waals surface area (Å²) in [5.74, 6) is 0.554. The Hall–Kier alpha value is -1.06. The third-order valence-corrected chi connectivity index (χ3v) is 3.64. The van der Waals surface area contributed by atoms with Gasteiger partial charge in [0.1, 0.15) is 0 Å². The maximum absolute atomic E-state index is 11.1. The normalized spacial score (nSPS) is 15.6. The first-order chi connectivity index (χ1) is 8.79. The number of esters is 1. The molecule has 2 rings (SSSR count). The van der Waals surface area contributed by atoms with E-state index in [-0.39, 0.29) is 18.4 Å². The van der Waals surface area contributed by atoms with Gasteiger partial charge in [0.15, 0.2) is 0 Å². The van der Waals surface area contributed by atoms with Gasteiger partial charge < -0.3 is 10.1 Å². The fourth-order valence-electron chi connectivity index (χ4n) is 2.46. The van der Waals surface area contributed by atoms with E-state index in [1.54, 1.807) is 0 Å². The molecule has 0 spiro atoms. The molecule has 1 heterocycles. The van der Waals surface area contributed by atoms with E-state index in [4.69, 9.17) is 0 Å². The van der Waals surface area contributed by atoms with Crippen LogP contribution in [0.1, 0.15) is 36.3 Å². The molecule has 0 bridgehead atoms. The topological polar surface area (TPSA) is 38.3 Å². The van der Waals surface area contributed by atoms with Crippen molar-refractivity contribution in [3.05, 3.63) is 35.4 Å². The standard InChI is InChI=1S/C15H21NO2.ClH/c1-18-15(17)7-4-12-2-5-13(6-3-12)14-8-10-16-11-9-14;/h2-3,5-6,14,16H,4,7-11H2,1H3;1H. The van der Waals surface area contributed by atoms with E-state index in [0.717, 1.165) is 19.5 Å². The number of methoxy groups -OCH3 is 1. The average molecular weight is 284 g/mol. The number of halogens is 1. The van der Waals surface area contributed by atoms with Crippen molar-refractivity contribution in [3.63, 3.8) is 0 Å². The van der Waals surface area contributed by atoms with E-state index >= 15 is 0 Å². The van der Waals surface area contributed by atoms with Crippen LogP contribution in [-0.2, 0) is 16.0 Å². The Labute approximate surface area is 121 Å². The summed E-state index contributed by atoms with van der Waals surface area (Å²) in [5.41, 5.74) is 2.64. The molecule has 0 aliphatic carbocycles. The van der Waals surface area contributed by atoms with Gasteiger partial charge in [-0.25, -0.2) is 0 Å². The highest BCUT2D eigenvalue weighted by molar-refractivity contribution is 5.85. The number of rotatable bonds is 4. The van der Waals surface area contributed by atoms with Crippen molar-refractivity contribution < 1.29 is 9.53 Å². The molecular weight excluding hydrogens is 262 g/mol. The van der Waals surface area contributed by atoms with E-state index in [1.807, 2.05) is 0 Å². The van der Waals surface area contributed by atoms with Crippen LogP contribution in [0, 0.1) is 0 Å². The molecule has 0 saturated carbocycles. The maximum Gasteiger partial charge on any atom is 0.305 e. The predicted octanol–water partition coefficient (Wildman–Crippen LogP) is 2.68. The molecule has 0 unspecified atom stereocenters. The summed E-state index contributed by atoms with van der Waals surface area (Å²) in [6.07, 6.45) is 3.67. The zero-order valence-electron chi connectivity index (χ0n) is 11.4. The fourth-order valence-corrected chi connectivity index (χ4v) is 2.46. The Kier molecular flexibility index (Phi) is 6.89. The largest absolute Gasteiger partial charge is 0.469 e. The second-order valence-corrected chi connectivity index (χ2v) is 4.84. The minimum atomic E-state index is -0.141. The summed E-state index contributed by atoms with van der Waals surface area (Å²) in [4.78, 5) is 11.1. The van der Waals surface area contributed by atoms with E-state index in [9.17, 15) is 4.79 Å². The molecule has 3 nitrogen and oxygen atoms in total. The summed E-state index contributed by atoms with van der Waals surface area (Å²) < 4.78 is 4.64. The first kappa shape index (κ1) is 16.0. The highest BCUT2D eigenvalue weighted by atomic mass is 35.5. The zero-order chi connectivity index (χ0) is 12.8. The lowest BCUT2D eigenvalue weighted by Crippen LogP contribution is -2.26. The van der Waals surface area contributed by atoms with Gasteiger partial charge in [0, 0.05) is 6.42 Å². The summed E-state index contributed by atoms with van der Waals surface area (Å²) in [6, 6.07) is 8.70. The van der Waals surface area contributed by atoms with Crippen molar-refractivity contribution in [2.75, 3.05) is 20.2 Å². The van der Waals surface area contributed by atoms with Gasteiger partial charge >= 0.3 is 5.97 Å². The quantitative estimate of drug-likeness (QED) is 0.864. The Bertz CT molecular complexity index is 386. The van der Waals surface area contributed by atoms with Crippen LogP contribution in [0.5, 0.6) is 0 Å². The SMILES string of the molecule is COC(=O)CCc1ccc(C2CCNCC2)cc1.Cl. The molecule has 0 atom stereocenters. The Morgan fingerprint density at radius 2 is 1.89 bits per heavy atom. The summed E-state index contributed by atoms with van der Waals surface area (Å²) >= 11 is 0. The van der Waals surface area contributed by atoms with Crippen LogP contribution >= 0.6 is 12.4 Å². The van der Waals surface area contributed by atoms with Crippen LogP contribution in [0.4, 0.5) is 0 Å². The maximum atomic E-state index is 11.1. The van der Waals surface area contributed by atoms with Gasteiger partial charge in [0.2, 0.25) is 0 Å². The van der Waals surface area contributed by atoms with Crippen molar-refractivity contribution in [3.8, 4) is 0 Å². The summed E-state index contributed by atoms with van der Waals surface area (Å²) in [6.45, 7) is 2.24. The number of hydrogen-bond donors (Lipinski definition) is 1. The van der Waals surface area contributed by atoms with Gasteiger partial charge in [-0.15, -0.1) is 12.4 Å². The highest BCUT2D eigenvalue weighted by Crippen LogP contribution is 2.25. The van der Waals surface area contributed by atoms with Crippen molar-refractivity contribution in [1.29, 1.82) is 0 Å². The molecule has 1 aromatic carbocycles. The van der Waals surface area contributed by atoms with Gasteiger partial charge in [-0.3, -0.25) is 4.79 Å². The smallest absolute Gasteiger partial charge is 0.305 e. The molecule has 1 aliphatic heterocycles. The summed E-state index contributed by atoms with van der Waals surface area (Å²) in [7, 11) is 1.43. The van der Waals surface area contributed by atoms with Crippen molar-refractivity contribution in [1.82, 2.24) is 5.32 Å². The van der Waals surface area contributed by atoms with E-state index in [0.29, 0.717) is 12.3 Å². The minimum Gasteiger partial charge on any atom is -0.469 e. The van der Waals surface area contributed by atoms with Gasteiger partial charge in [-0.05, 0) is 49.4 Å². The van der Waals surface area contributed by atoms with Crippen LogP contribution in [0.2, 0.25) is 0 Å². The third-order valence-electron chi connectivity index (χ3n) is 3.64. The molecule has 106 valence electrons. The number of benzene rings is 1. The molecule has 0 aromatic heterocycles. The Morgan fingerprint density at radius 1 is 1.26 bits per heavy atom. The van der Waals surface area contributed by atoms with Crippen LogP contribution in [0.3, 0.4) is 0 Å². The molecular formula is C15H22ClNO2. The van der Waals surface area contributed by atoms with Crippen LogP contribution in [0.15, 0.2) is 24.3 Å². The van der Waals surface area contributed by atoms with Gasteiger partial charge in [0.25, 0.3) is 0 Å². The lowest BCUT2D eigenvalue weighted by Gasteiger charge is -2.23. The van der Waals surface area contributed by atoms with E-state index in [1.165, 1.54) is 31.1 Å². The molecule has 19 heavy (non-hydrogen) atoms. The van der Waals surface area contributed by atoms with E-state index in [2.05, 4.69) is 34.3 Å². The number of carbonyl (C=O) groups is 1. The molecule has 1 fully saturated rings. The van der Waals surface area contributed by atoms with Gasteiger partial charge in [0.05, 0.1) is 7.11 Å². The molecule has 1 saturated heterocycles. The summed E-state index contributed by atoms with van der Waals surface area (Å²) in [5, 5.41) is 3.38. The minimum absolute atomic E-state index is 0. The average Bonchev–Trinajstić information content (AvgIpc) is 2.46. The van der Waals surface area contributed by atoms with Crippen LogP contribution in [0.25, 0.3) is 0 Å². The van der Waals surface area contributed by atoms with Gasteiger partial charge in [-0.1, -0.05) is 24.3 Å². The second-order valence-electron chi connectivity index (χ2n) is 4.84. The number of ether oxygens (including phenoxy) is 1. The molecule has 0 amide bonds. The number of aryl methyl sites for hydroxylation is 1. The third kappa shape index (κ3) is 4.84. The van der Waals surface area contributed by atoms with Crippen LogP contribution < -0.4 is 5.32 Å². The van der Waals surface area contributed by atoms with Gasteiger partial charge in [-0.2, -0.15) is 0 Å². The Morgan fingerprint density at radius 3 is 2.47 bits per heavy atom. The predicted molar refractivity (Wildman–Crippen MR) is 78.9 cm³/mol. The fraction of sp³-hybridized carbons (Fsp3) is 0.533. The molecule has 4 heteroatoms. The molecule has 0 radical (unpaired) electrons. The van der Waals surface area contributed by atoms with Crippen molar-refractivity contribution >= 4 is 18.4 Å². The molecule has 1 aromatic rings. The highest BCUT2D eigenvalue weighted by Gasteiger charge is 2.14. The van der Waals surface area contributed by atoms with E-state index < -0.39 is 0 Å². The first-order valence-corrected chi connectivity index (χ1v) is 6.66. The van der Waals surface area contributed by atoms with Crippen molar-refractivity contribution in [2.45, 2.75) is 31.6 Å². The lowest BCUT2D eigenvalue weighted by molar-refractivity contribution is -0.140. The number of piperidine rings is 1. The number of nitrogens with one attached hydrogen (secondary N) is 1. The number of hydrogen-bond acceptors (Lipinski definition) is 3. The van der Waals surface area contributed by atoms with Crippen molar-refractivity contribution in [2.24, 2.45) is 0 Å².